The maximum absolute atomic E-state index is 10.6. The van der Waals surface area contributed by atoms with E-state index < -0.39 is 5.60 Å². The molecule has 0 aliphatic carbocycles. The number of hydrogen-bond donors (Lipinski definition) is 1. The number of para-hydroxylation sites is 1. The highest BCUT2D eigenvalue weighted by Crippen LogP contribution is 2.34. The second-order valence-corrected chi connectivity index (χ2v) is 4.69. The molecule has 1 atom stereocenters. The van der Waals surface area contributed by atoms with E-state index in [4.69, 9.17) is 8.83 Å². The van der Waals surface area contributed by atoms with Crippen molar-refractivity contribution in [3.8, 4) is 0 Å². The molecule has 2 heterocycles. The van der Waals surface area contributed by atoms with Crippen LogP contribution in [-0.4, -0.2) is 5.11 Å². The number of fused-ring (bicyclic) bond motifs is 1. The molecule has 3 nitrogen and oxygen atoms in total. The van der Waals surface area contributed by atoms with E-state index in [1.54, 1.807) is 13.0 Å². The molecule has 0 spiro atoms. The molecule has 1 aromatic carbocycles. The number of aliphatic hydroxyl groups is 1. The minimum absolute atomic E-state index is 0.521. The predicted molar refractivity (Wildman–Crippen MR) is 68.3 cm³/mol. The highest BCUT2D eigenvalue weighted by molar-refractivity contribution is 5.81. The van der Waals surface area contributed by atoms with Crippen LogP contribution in [0.15, 0.2) is 51.7 Å². The Morgan fingerprint density at radius 2 is 2.06 bits per heavy atom. The molecule has 1 N–H and O–H groups in total. The average Bonchev–Trinajstić information content (AvgIpc) is 2.99. The highest BCUT2D eigenvalue weighted by atomic mass is 16.4. The van der Waals surface area contributed by atoms with E-state index in [-0.39, 0.29) is 0 Å². The molecule has 3 rings (SSSR count). The van der Waals surface area contributed by atoms with Crippen LogP contribution in [0.5, 0.6) is 0 Å². The molecule has 0 saturated heterocycles. The number of furan rings is 2. The van der Waals surface area contributed by atoms with Gasteiger partial charge in [-0.15, -0.1) is 0 Å². The number of hydrogen-bond acceptors (Lipinski definition) is 3. The molecule has 0 saturated carbocycles. The Morgan fingerprint density at radius 1 is 1.22 bits per heavy atom. The van der Waals surface area contributed by atoms with Crippen molar-refractivity contribution < 1.29 is 13.9 Å². The van der Waals surface area contributed by atoms with Gasteiger partial charge in [-0.1, -0.05) is 18.2 Å². The van der Waals surface area contributed by atoms with Crippen LogP contribution >= 0.6 is 0 Å². The summed E-state index contributed by atoms with van der Waals surface area (Å²) in [5.74, 6) is 0.521. The van der Waals surface area contributed by atoms with E-state index in [1.165, 1.54) is 12.5 Å². The number of rotatable bonds is 2. The van der Waals surface area contributed by atoms with Gasteiger partial charge in [-0.25, -0.2) is 0 Å². The van der Waals surface area contributed by atoms with Gasteiger partial charge in [0.1, 0.15) is 16.9 Å². The van der Waals surface area contributed by atoms with Gasteiger partial charge in [0.05, 0.1) is 12.5 Å². The first-order valence-corrected chi connectivity index (χ1v) is 5.84. The van der Waals surface area contributed by atoms with Crippen molar-refractivity contribution in [3.63, 3.8) is 0 Å². The van der Waals surface area contributed by atoms with Crippen LogP contribution in [0.2, 0.25) is 0 Å². The summed E-state index contributed by atoms with van der Waals surface area (Å²) in [7, 11) is 0. The molecule has 0 fully saturated rings. The lowest BCUT2D eigenvalue weighted by atomic mass is 9.96. The number of benzene rings is 1. The van der Waals surface area contributed by atoms with Crippen molar-refractivity contribution in [1.82, 2.24) is 0 Å². The van der Waals surface area contributed by atoms with E-state index in [2.05, 4.69) is 0 Å². The zero-order valence-electron chi connectivity index (χ0n) is 10.3. The Morgan fingerprint density at radius 3 is 2.72 bits per heavy atom. The quantitative estimate of drug-likeness (QED) is 0.747. The monoisotopic (exact) mass is 242 g/mol. The van der Waals surface area contributed by atoms with Gasteiger partial charge in [-0.3, -0.25) is 0 Å². The van der Waals surface area contributed by atoms with Crippen molar-refractivity contribution in [2.45, 2.75) is 19.4 Å². The SMILES string of the molecule is Cc1cccc2cc(C(C)(O)c3ccoc3)oc12. The maximum Gasteiger partial charge on any atom is 0.147 e. The zero-order chi connectivity index (χ0) is 12.8. The largest absolute Gasteiger partial charge is 0.472 e. The van der Waals surface area contributed by atoms with Crippen LogP contribution in [-0.2, 0) is 5.60 Å². The summed E-state index contributed by atoms with van der Waals surface area (Å²) in [5.41, 5.74) is 1.37. The Hall–Kier alpha value is -2.00. The van der Waals surface area contributed by atoms with E-state index in [0.717, 1.165) is 16.5 Å². The summed E-state index contributed by atoms with van der Waals surface area (Å²) in [6, 6.07) is 9.54. The molecule has 0 aliphatic rings. The summed E-state index contributed by atoms with van der Waals surface area (Å²) in [4.78, 5) is 0. The second kappa shape index (κ2) is 3.75. The molecule has 0 amide bonds. The molecule has 3 aromatic rings. The van der Waals surface area contributed by atoms with Crippen LogP contribution in [0.3, 0.4) is 0 Å². The summed E-state index contributed by atoms with van der Waals surface area (Å²) < 4.78 is 10.8. The number of aryl methyl sites for hydroxylation is 1. The highest BCUT2D eigenvalue weighted by Gasteiger charge is 2.30. The smallest absolute Gasteiger partial charge is 0.147 e. The van der Waals surface area contributed by atoms with E-state index in [0.29, 0.717) is 11.3 Å². The molecule has 0 radical (unpaired) electrons. The van der Waals surface area contributed by atoms with Gasteiger partial charge >= 0.3 is 0 Å². The van der Waals surface area contributed by atoms with Gasteiger partial charge < -0.3 is 13.9 Å². The van der Waals surface area contributed by atoms with Crippen LogP contribution in [0.1, 0.15) is 23.8 Å². The molecule has 3 heteroatoms. The molecule has 1 unspecified atom stereocenters. The van der Waals surface area contributed by atoms with Gasteiger partial charge in [0.2, 0.25) is 0 Å². The molecular weight excluding hydrogens is 228 g/mol. The van der Waals surface area contributed by atoms with Gasteiger partial charge in [0.15, 0.2) is 0 Å². The van der Waals surface area contributed by atoms with Crippen molar-refractivity contribution in [3.05, 3.63) is 59.7 Å². The van der Waals surface area contributed by atoms with E-state index in [1.807, 2.05) is 31.2 Å². The zero-order valence-corrected chi connectivity index (χ0v) is 10.3. The summed E-state index contributed by atoms with van der Waals surface area (Å²) in [6.07, 6.45) is 3.07. The fourth-order valence-corrected chi connectivity index (χ4v) is 2.13. The van der Waals surface area contributed by atoms with E-state index in [9.17, 15) is 5.11 Å². The predicted octanol–water partition coefficient (Wildman–Crippen LogP) is 3.59. The molecule has 0 bridgehead atoms. The first kappa shape index (κ1) is 11.1. The van der Waals surface area contributed by atoms with Crippen molar-refractivity contribution in [2.75, 3.05) is 0 Å². The topological polar surface area (TPSA) is 46.5 Å². The summed E-state index contributed by atoms with van der Waals surface area (Å²) >= 11 is 0. The Balaban J connectivity index is 2.18. The van der Waals surface area contributed by atoms with Crippen molar-refractivity contribution in [2.24, 2.45) is 0 Å². The van der Waals surface area contributed by atoms with Crippen molar-refractivity contribution >= 4 is 11.0 Å². The molecule has 2 aromatic heterocycles. The second-order valence-electron chi connectivity index (χ2n) is 4.69. The van der Waals surface area contributed by atoms with Crippen LogP contribution in [0, 0.1) is 6.92 Å². The van der Waals surface area contributed by atoms with Crippen LogP contribution < -0.4 is 0 Å². The third-order valence-electron chi connectivity index (χ3n) is 3.30. The van der Waals surface area contributed by atoms with Gasteiger partial charge in [0, 0.05) is 10.9 Å². The molecule has 0 aliphatic heterocycles. The molecule has 92 valence electrons. The summed E-state index contributed by atoms with van der Waals surface area (Å²) in [5, 5.41) is 11.6. The minimum Gasteiger partial charge on any atom is -0.472 e. The first-order chi connectivity index (χ1) is 8.59. The van der Waals surface area contributed by atoms with Gasteiger partial charge in [-0.2, -0.15) is 0 Å². The third-order valence-corrected chi connectivity index (χ3v) is 3.30. The maximum atomic E-state index is 10.6. The fraction of sp³-hybridized carbons (Fsp3) is 0.200. The lowest BCUT2D eigenvalue weighted by Gasteiger charge is -2.18. The molecule has 18 heavy (non-hydrogen) atoms. The lowest BCUT2D eigenvalue weighted by molar-refractivity contribution is 0.0779. The normalized spacial score (nSPS) is 14.8. The third kappa shape index (κ3) is 1.56. The Labute approximate surface area is 105 Å². The van der Waals surface area contributed by atoms with Crippen LogP contribution in [0.25, 0.3) is 11.0 Å². The minimum atomic E-state index is -1.18. The Kier molecular flexibility index (Phi) is 2.31. The first-order valence-electron chi connectivity index (χ1n) is 5.84. The van der Waals surface area contributed by atoms with Gasteiger partial charge in [0.25, 0.3) is 0 Å². The Bertz CT molecular complexity index is 675. The van der Waals surface area contributed by atoms with Gasteiger partial charge in [-0.05, 0) is 31.5 Å². The van der Waals surface area contributed by atoms with Crippen molar-refractivity contribution in [1.29, 1.82) is 0 Å². The lowest BCUT2D eigenvalue weighted by Crippen LogP contribution is -2.20. The molecular formula is C15H14O3. The average molecular weight is 242 g/mol. The van der Waals surface area contributed by atoms with E-state index >= 15 is 0 Å². The standard InChI is InChI=1S/C15H14O3/c1-10-4-3-5-11-8-13(18-14(10)11)15(2,16)12-6-7-17-9-12/h3-9,16H,1-2H3. The van der Waals surface area contributed by atoms with Crippen LogP contribution in [0.4, 0.5) is 0 Å². The fourth-order valence-electron chi connectivity index (χ4n) is 2.13. The summed E-state index contributed by atoms with van der Waals surface area (Å²) in [6.45, 7) is 3.69.